The molecule has 0 unspecified atom stereocenters. The number of carbonyl (C=O) groups is 2. The summed E-state index contributed by atoms with van der Waals surface area (Å²) in [6, 6.07) is 14.3. The number of hydrogen-bond acceptors (Lipinski definition) is 3. The first-order valence-corrected chi connectivity index (χ1v) is 8.83. The van der Waals surface area contributed by atoms with Crippen LogP contribution in [0.15, 0.2) is 48.5 Å². The summed E-state index contributed by atoms with van der Waals surface area (Å²) >= 11 is 0. The van der Waals surface area contributed by atoms with Crippen LogP contribution >= 0.6 is 0 Å². The van der Waals surface area contributed by atoms with Crippen LogP contribution < -0.4 is 10.6 Å². The van der Waals surface area contributed by atoms with E-state index in [0.29, 0.717) is 24.8 Å². The highest BCUT2D eigenvalue weighted by Gasteiger charge is 2.27. The fourth-order valence-corrected chi connectivity index (χ4v) is 3.03. The minimum Gasteiger partial charge on any atom is -0.390 e. The molecule has 26 heavy (non-hydrogen) atoms. The summed E-state index contributed by atoms with van der Waals surface area (Å²) in [5, 5.41) is 15.5. The van der Waals surface area contributed by atoms with Gasteiger partial charge in [-0.05, 0) is 56.0 Å². The van der Waals surface area contributed by atoms with Crippen LogP contribution in [0, 0.1) is 0 Å². The fraction of sp³-hybridized carbons (Fsp3) is 0.333. The molecule has 0 aromatic heterocycles. The third kappa shape index (κ3) is 4.49. The number of benzene rings is 2. The topological polar surface area (TPSA) is 78.4 Å². The predicted octanol–water partition coefficient (Wildman–Crippen LogP) is 2.68. The van der Waals surface area contributed by atoms with E-state index in [9.17, 15) is 14.7 Å². The highest BCUT2D eigenvalue weighted by Crippen LogP contribution is 2.22. The molecule has 1 heterocycles. The van der Waals surface area contributed by atoms with Crippen LogP contribution in [0.2, 0.25) is 0 Å². The molecule has 136 valence electrons. The van der Waals surface area contributed by atoms with Crippen molar-refractivity contribution < 1.29 is 14.7 Å². The summed E-state index contributed by atoms with van der Waals surface area (Å²) in [5.74, 6) is -0.468. The first-order chi connectivity index (χ1) is 12.3. The van der Waals surface area contributed by atoms with Gasteiger partial charge >= 0.3 is 0 Å². The first kappa shape index (κ1) is 18.1. The normalized spacial score (nSPS) is 16.6. The molecule has 5 heteroatoms. The average Bonchev–Trinajstić information content (AvgIpc) is 2.60. The molecule has 0 fully saturated rings. The quantitative estimate of drug-likeness (QED) is 0.774. The van der Waals surface area contributed by atoms with Crippen molar-refractivity contribution in [1.29, 1.82) is 0 Å². The molecule has 0 aliphatic carbocycles. The molecule has 2 aromatic carbocycles. The summed E-state index contributed by atoms with van der Waals surface area (Å²) in [5.41, 5.74) is 2.57. The lowest BCUT2D eigenvalue weighted by Gasteiger charge is -2.25. The van der Waals surface area contributed by atoms with Gasteiger partial charge in [0.2, 0.25) is 5.91 Å². The zero-order valence-electron chi connectivity index (χ0n) is 15.1. The number of hydrogen-bond donors (Lipinski definition) is 3. The van der Waals surface area contributed by atoms with E-state index in [2.05, 4.69) is 10.6 Å². The van der Waals surface area contributed by atoms with Crippen LogP contribution in [0.25, 0.3) is 0 Å². The lowest BCUT2D eigenvalue weighted by molar-refractivity contribution is -0.118. The van der Waals surface area contributed by atoms with Crippen LogP contribution in [0.4, 0.5) is 5.69 Å². The number of fused-ring (bicyclic) bond motifs is 1. The molecule has 1 aliphatic rings. The molecule has 1 atom stereocenters. The van der Waals surface area contributed by atoms with Crippen molar-refractivity contribution in [2.24, 2.45) is 0 Å². The van der Waals surface area contributed by atoms with Crippen molar-refractivity contribution in [3.8, 4) is 0 Å². The Morgan fingerprint density at radius 3 is 2.77 bits per heavy atom. The summed E-state index contributed by atoms with van der Waals surface area (Å²) < 4.78 is 0. The number of rotatable bonds is 5. The number of aliphatic hydroxyl groups is 1. The Morgan fingerprint density at radius 2 is 2.00 bits per heavy atom. The summed E-state index contributed by atoms with van der Waals surface area (Å²) in [4.78, 5) is 24.8. The van der Waals surface area contributed by atoms with E-state index < -0.39 is 11.6 Å². The second kappa shape index (κ2) is 7.30. The van der Waals surface area contributed by atoms with E-state index in [-0.39, 0.29) is 11.8 Å². The van der Waals surface area contributed by atoms with E-state index in [1.165, 1.54) is 0 Å². The molecule has 1 aliphatic heterocycles. The summed E-state index contributed by atoms with van der Waals surface area (Å²) in [7, 11) is 0. The number of anilines is 1. The molecular formula is C21H24N2O3. The van der Waals surface area contributed by atoms with E-state index in [1.54, 1.807) is 19.9 Å². The Morgan fingerprint density at radius 1 is 1.23 bits per heavy atom. The Balaban J connectivity index is 1.68. The van der Waals surface area contributed by atoms with Crippen molar-refractivity contribution in [2.75, 3.05) is 5.32 Å². The Bertz CT molecular complexity index is 824. The van der Waals surface area contributed by atoms with Crippen LogP contribution in [0.3, 0.4) is 0 Å². The van der Waals surface area contributed by atoms with E-state index >= 15 is 0 Å². The minimum atomic E-state index is -0.744. The molecule has 3 rings (SSSR count). The number of amides is 2. The monoisotopic (exact) mass is 352 g/mol. The third-order valence-electron chi connectivity index (χ3n) is 4.54. The second-order valence-corrected chi connectivity index (χ2v) is 7.39. The van der Waals surface area contributed by atoms with Gasteiger partial charge in [0.25, 0.3) is 5.91 Å². The molecular weight excluding hydrogens is 328 g/mol. The van der Waals surface area contributed by atoms with Gasteiger partial charge in [-0.15, -0.1) is 0 Å². The highest BCUT2D eigenvalue weighted by atomic mass is 16.3. The van der Waals surface area contributed by atoms with Gasteiger partial charge in [0.15, 0.2) is 0 Å². The number of nitrogens with one attached hydrogen (secondary N) is 2. The SMILES string of the molecule is CC(C)(O)CCc1cccc(C(=O)N[C@H]2Cc3ccccc3NC2=O)c1. The van der Waals surface area contributed by atoms with Gasteiger partial charge in [-0.3, -0.25) is 9.59 Å². The van der Waals surface area contributed by atoms with E-state index in [1.807, 2.05) is 42.5 Å². The third-order valence-corrected chi connectivity index (χ3v) is 4.54. The summed E-state index contributed by atoms with van der Waals surface area (Å²) in [6.45, 7) is 3.53. The van der Waals surface area contributed by atoms with Gasteiger partial charge < -0.3 is 15.7 Å². The van der Waals surface area contributed by atoms with Gasteiger partial charge in [0, 0.05) is 17.7 Å². The Kier molecular flexibility index (Phi) is 5.09. The van der Waals surface area contributed by atoms with Crippen molar-refractivity contribution >= 4 is 17.5 Å². The average molecular weight is 352 g/mol. The maximum atomic E-state index is 12.6. The van der Waals surface area contributed by atoms with Gasteiger partial charge in [0.05, 0.1) is 5.60 Å². The van der Waals surface area contributed by atoms with Gasteiger partial charge in [-0.2, -0.15) is 0 Å². The molecule has 2 aromatic rings. The Labute approximate surface area is 153 Å². The van der Waals surface area contributed by atoms with E-state index in [0.717, 1.165) is 16.8 Å². The smallest absolute Gasteiger partial charge is 0.251 e. The maximum Gasteiger partial charge on any atom is 0.251 e. The lowest BCUT2D eigenvalue weighted by Crippen LogP contribution is -2.47. The molecule has 5 nitrogen and oxygen atoms in total. The zero-order valence-corrected chi connectivity index (χ0v) is 15.1. The first-order valence-electron chi connectivity index (χ1n) is 8.83. The van der Waals surface area contributed by atoms with E-state index in [4.69, 9.17) is 0 Å². The largest absolute Gasteiger partial charge is 0.390 e. The number of carbonyl (C=O) groups excluding carboxylic acids is 2. The summed E-state index contributed by atoms with van der Waals surface area (Å²) in [6.07, 6.45) is 1.77. The fourth-order valence-electron chi connectivity index (χ4n) is 3.03. The van der Waals surface area contributed by atoms with Gasteiger partial charge in [0.1, 0.15) is 6.04 Å². The molecule has 0 radical (unpaired) electrons. The molecule has 2 amide bonds. The molecule has 0 saturated heterocycles. The van der Waals surface area contributed by atoms with Crippen LogP contribution in [-0.2, 0) is 17.6 Å². The van der Waals surface area contributed by atoms with Crippen molar-refractivity contribution in [2.45, 2.75) is 44.8 Å². The number of para-hydroxylation sites is 1. The molecule has 0 saturated carbocycles. The maximum absolute atomic E-state index is 12.6. The lowest BCUT2D eigenvalue weighted by atomic mass is 9.97. The molecule has 0 bridgehead atoms. The Hall–Kier alpha value is -2.66. The van der Waals surface area contributed by atoms with Gasteiger partial charge in [-0.1, -0.05) is 30.3 Å². The molecule has 0 spiro atoms. The van der Waals surface area contributed by atoms with Gasteiger partial charge in [-0.25, -0.2) is 0 Å². The van der Waals surface area contributed by atoms with Crippen molar-refractivity contribution in [1.82, 2.24) is 5.32 Å². The number of aryl methyl sites for hydroxylation is 1. The molecule has 3 N–H and O–H groups in total. The minimum absolute atomic E-state index is 0.199. The van der Waals surface area contributed by atoms with Crippen molar-refractivity contribution in [3.63, 3.8) is 0 Å². The van der Waals surface area contributed by atoms with Crippen LogP contribution in [0.1, 0.15) is 41.8 Å². The van der Waals surface area contributed by atoms with Crippen LogP contribution in [0.5, 0.6) is 0 Å². The highest BCUT2D eigenvalue weighted by molar-refractivity contribution is 6.03. The zero-order chi connectivity index (χ0) is 18.7. The standard InChI is InChI=1S/C21H24N2O3/c1-21(2,26)11-10-14-6-5-8-16(12-14)19(24)23-18-13-15-7-3-4-9-17(15)22-20(18)25/h3-9,12,18,26H,10-11,13H2,1-2H3,(H,22,25)(H,23,24)/t18-/m0/s1. The second-order valence-electron chi connectivity index (χ2n) is 7.39. The van der Waals surface area contributed by atoms with Crippen molar-refractivity contribution in [3.05, 3.63) is 65.2 Å². The van der Waals surface area contributed by atoms with Crippen LogP contribution in [-0.4, -0.2) is 28.6 Å². The predicted molar refractivity (Wildman–Crippen MR) is 101 cm³/mol.